The van der Waals surface area contributed by atoms with Gasteiger partial charge >= 0.3 is 0 Å². The maximum absolute atomic E-state index is 5.77. The van der Waals surface area contributed by atoms with Crippen LogP contribution in [0, 0.1) is 0 Å². The Balaban J connectivity index is 2.33. The molecule has 3 rings (SSSR count). The lowest BCUT2D eigenvalue weighted by Gasteiger charge is -2.09. The molecule has 2 aromatic heterocycles. The van der Waals surface area contributed by atoms with E-state index in [1.165, 1.54) is 0 Å². The van der Waals surface area contributed by atoms with Crippen molar-refractivity contribution in [1.82, 2.24) is 15.0 Å². The van der Waals surface area contributed by atoms with E-state index in [0.717, 1.165) is 33.6 Å². The Labute approximate surface area is 110 Å². The third-order valence-corrected chi connectivity index (χ3v) is 3.13. The lowest BCUT2D eigenvalue weighted by molar-refractivity contribution is 0.416. The van der Waals surface area contributed by atoms with Crippen LogP contribution >= 0.6 is 0 Å². The zero-order valence-corrected chi connectivity index (χ0v) is 10.6. The van der Waals surface area contributed by atoms with Gasteiger partial charge in [-0.3, -0.25) is 0 Å². The van der Waals surface area contributed by atoms with Gasteiger partial charge in [0.2, 0.25) is 0 Å². The molecule has 5 heteroatoms. The number of methoxy groups -OCH3 is 1. The third-order valence-electron chi connectivity index (χ3n) is 3.13. The molecule has 0 spiro atoms. The highest BCUT2D eigenvalue weighted by Crippen LogP contribution is 2.33. The molecule has 3 N–H and O–H groups in total. The number of rotatable bonds is 3. The number of H-pyrrole nitrogens is 1. The highest BCUT2D eigenvalue weighted by molar-refractivity contribution is 5.94. The molecule has 19 heavy (non-hydrogen) atoms. The molecule has 0 atom stereocenters. The van der Waals surface area contributed by atoms with Crippen LogP contribution in [-0.2, 0) is 6.54 Å². The normalized spacial score (nSPS) is 10.8. The van der Waals surface area contributed by atoms with Crippen LogP contribution < -0.4 is 10.5 Å². The number of benzene rings is 1. The average molecular weight is 254 g/mol. The summed E-state index contributed by atoms with van der Waals surface area (Å²) in [5, 5.41) is 0.953. The van der Waals surface area contributed by atoms with Crippen molar-refractivity contribution in [2.45, 2.75) is 6.54 Å². The Morgan fingerprint density at radius 1 is 1.26 bits per heavy atom. The molecule has 0 aliphatic carbocycles. The quantitative estimate of drug-likeness (QED) is 0.750. The minimum atomic E-state index is 0.440. The van der Waals surface area contributed by atoms with Crippen LogP contribution in [-0.4, -0.2) is 22.1 Å². The highest BCUT2D eigenvalue weighted by Gasteiger charge is 2.14. The van der Waals surface area contributed by atoms with E-state index in [1.807, 2.05) is 30.5 Å². The second-order valence-electron chi connectivity index (χ2n) is 4.16. The van der Waals surface area contributed by atoms with Crippen LogP contribution in [0.1, 0.15) is 5.56 Å². The van der Waals surface area contributed by atoms with Gasteiger partial charge in [0.05, 0.1) is 12.8 Å². The average Bonchev–Trinajstić information content (AvgIpc) is 2.90. The number of aromatic amines is 1. The van der Waals surface area contributed by atoms with Crippen LogP contribution in [0.25, 0.3) is 22.3 Å². The molecule has 0 unspecified atom stereocenters. The maximum atomic E-state index is 5.77. The first kappa shape index (κ1) is 11.7. The van der Waals surface area contributed by atoms with Crippen molar-refractivity contribution in [3.63, 3.8) is 0 Å². The van der Waals surface area contributed by atoms with Crippen LogP contribution in [0.3, 0.4) is 0 Å². The number of para-hydroxylation sites is 1. The zero-order valence-electron chi connectivity index (χ0n) is 10.6. The molecule has 0 aliphatic rings. The van der Waals surface area contributed by atoms with Gasteiger partial charge in [0, 0.05) is 23.7 Å². The number of aromatic nitrogens is 3. The third kappa shape index (κ3) is 1.84. The van der Waals surface area contributed by atoms with E-state index in [9.17, 15) is 0 Å². The van der Waals surface area contributed by atoms with Crippen LogP contribution in [0.2, 0.25) is 0 Å². The van der Waals surface area contributed by atoms with E-state index < -0.39 is 0 Å². The topological polar surface area (TPSA) is 76.8 Å². The first-order valence-electron chi connectivity index (χ1n) is 5.99. The molecule has 0 fully saturated rings. The van der Waals surface area contributed by atoms with E-state index in [2.05, 4.69) is 15.0 Å². The Hall–Kier alpha value is -2.40. The summed E-state index contributed by atoms with van der Waals surface area (Å²) in [6.45, 7) is 0.440. The Bertz CT molecular complexity index is 720. The monoisotopic (exact) mass is 254 g/mol. The molecule has 1 aromatic carbocycles. The van der Waals surface area contributed by atoms with E-state index in [-0.39, 0.29) is 0 Å². The molecule has 3 aromatic rings. The highest BCUT2D eigenvalue weighted by atomic mass is 16.5. The Kier molecular flexibility index (Phi) is 2.89. The standard InChI is InChI=1S/C14H14N4O/c1-19-11-5-3-2-4-10(11)13-12-9(6-15)7-16-14(12)18-8-17-13/h2-5,7-8H,6,15H2,1H3,(H,16,17,18). The fraction of sp³-hybridized carbons (Fsp3) is 0.143. The zero-order chi connectivity index (χ0) is 13.2. The van der Waals surface area contributed by atoms with Gasteiger partial charge in [0.25, 0.3) is 0 Å². The van der Waals surface area contributed by atoms with Gasteiger partial charge < -0.3 is 15.5 Å². The van der Waals surface area contributed by atoms with E-state index in [1.54, 1.807) is 13.4 Å². The van der Waals surface area contributed by atoms with Crippen LogP contribution in [0.4, 0.5) is 0 Å². The summed E-state index contributed by atoms with van der Waals surface area (Å²) in [4.78, 5) is 11.7. The fourth-order valence-corrected chi connectivity index (χ4v) is 2.23. The van der Waals surface area contributed by atoms with Gasteiger partial charge in [-0.05, 0) is 17.7 Å². The number of nitrogens with one attached hydrogen (secondary N) is 1. The van der Waals surface area contributed by atoms with Gasteiger partial charge in [0.15, 0.2) is 0 Å². The molecule has 0 amide bonds. The fourth-order valence-electron chi connectivity index (χ4n) is 2.23. The van der Waals surface area contributed by atoms with Crippen molar-refractivity contribution in [2.24, 2.45) is 5.73 Å². The van der Waals surface area contributed by atoms with Crippen molar-refractivity contribution in [3.05, 3.63) is 42.4 Å². The minimum Gasteiger partial charge on any atom is -0.496 e. The number of nitrogens with two attached hydrogens (primary N) is 1. The number of nitrogens with zero attached hydrogens (tertiary/aromatic N) is 2. The van der Waals surface area contributed by atoms with Gasteiger partial charge in [-0.15, -0.1) is 0 Å². The molecule has 2 heterocycles. The molecule has 0 saturated heterocycles. The molecular formula is C14H14N4O. The van der Waals surface area contributed by atoms with E-state index >= 15 is 0 Å². The van der Waals surface area contributed by atoms with Gasteiger partial charge in [0.1, 0.15) is 17.7 Å². The molecule has 5 nitrogen and oxygen atoms in total. The number of ether oxygens (including phenoxy) is 1. The largest absolute Gasteiger partial charge is 0.496 e. The predicted molar refractivity (Wildman–Crippen MR) is 73.8 cm³/mol. The number of fused-ring (bicyclic) bond motifs is 1. The summed E-state index contributed by atoms with van der Waals surface area (Å²) in [5.41, 5.74) is 9.33. The number of hydrogen-bond acceptors (Lipinski definition) is 4. The van der Waals surface area contributed by atoms with Crippen molar-refractivity contribution in [3.8, 4) is 17.0 Å². The molecule has 0 saturated carbocycles. The molecule has 0 bridgehead atoms. The number of hydrogen-bond donors (Lipinski definition) is 2. The van der Waals surface area contributed by atoms with Crippen molar-refractivity contribution in [2.75, 3.05) is 7.11 Å². The van der Waals surface area contributed by atoms with Gasteiger partial charge in [-0.2, -0.15) is 0 Å². The minimum absolute atomic E-state index is 0.440. The van der Waals surface area contributed by atoms with E-state index in [4.69, 9.17) is 10.5 Å². The summed E-state index contributed by atoms with van der Waals surface area (Å²) < 4.78 is 5.40. The maximum Gasteiger partial charge on any atom is 0.141 e. The van der Waals surface area contributed by atoms with Gasteiger partial charge in [-0.1, -0.05) is 12.1 Å². The Morgan fingerprint density at radius 3 is 2.89 bits per heavy atom. The smallest absolute Gasteiger partial charge is 0.141 e. The first-order valence-corrected chi connectivity index (χ1v) is 5.99. The molecule has 96 valence electrons. The first-order chi connectivity index (χ1) is 9.35. The second kappa shape index (κ2) is 4.70. The summed E-state index contributed by atoms with van der Waals surface area (Å²) >= 11 is 0. The van der Waals surface area contributed by atoms with Crippen LogP contribution in [0.15, 0.2) is 36.8 Å². The lowest BCUT2D eigenvalue weighted by atomic mass is 10.1. The SMILES string of the molecule is COc1ccccc1-c1ncnc2[nH]cc(CN)c12. The summed E-state index contributed by atoms with van der Waals surface area (Å²) in [6.07, 6.45) is 3.42. The van der Waals surface area contributed by atoms with Crippen molar-refractivity contribution in [1.29, 1.82) is 0 Å². The van der Waals surface area contributed by atoms with Crippen molar-refractivity contribution < 1.29 is 4.74 Å². The van der Waals surface area contributed by atoms with E-state index in [0.29, 0.717) is 6.54 Å². The molecule has 0 aliphatic heterocycles. The van der Waals surface area contributed by atoms with Gasteiger partial charge in [-0.25, -0.2) is 9.97 Å². The molecule has 0 radical (unpaired) electrons. The predicted octanol–water partition coefficient (Wildman–Crippen LogP) is 2.09. The summed E-state index contributed by atoms with van der Waals surface area (Å²) in [7, 11) is 1.65. The van der Waals surface area contributed by atoms with Crippen LogP contribution in [0.5, 0.6) is 5.75 Å². The lowest BCUT2D eigenvalue weighted by Crippen LogP contribution is -1.97. The summed E-state index contributed by atoms with van der Waals surface area (Å²) in [5.74, 6) is 0.784. The molecular weight excluding hydrogens is 240 g/mol. The Morgan fingerprint density at radius 2 is 2.11 bits per heavy atom. The van der Waals surface area contributed by atoms with Crippen molar-refractivity contribution >= 4 is 11.0 Å². The second-order valence-corrected chi connectivity index (χ2v) is 4.16. The summed E-state index contributed by atoms with van der Waals surface area (Å²) in [6, 6.07) is 7.79.